The molecule has 5 nitrogen and oxygen atoms in total. The van der Waals surface area contributed by atoms with Gasteiger partial charge < -0.3 is 9.84 Å². The van der Waals surface area contributed by atoms with Crippen molar-refractivity contribution >= 4 is 0 Å². The average molecular weight is 261 g/mol. The zero-order valence-electron chi connectivity index (χ0n) is 11.3. The minimum atomic E-state index is -0.390. The van der Waals surface area contributed by atoms with Gasteiger partial charge >= 0.3 is 0 Å². The fourth-order valence-electron chi connectivity index (χ4n) is 1.96. The first-order valence-electron chi connectivity index (χ1n) is 6.33. The molecule has 19 heavy (non-hydrogen) atoms. The molecule has 0 saturated carbocycles. The van der Waals surface area contributed by atoms with Gasteiger partial charge in [0.05, 0.1) is 18.9 Å². The van der Waals surface area contributed by atoms with Crippen molar-refractivity contribution in [1.29, 1.82) is 0 Å². The predicted molar refractivity (Wildman–Crippen MR) is 72.0 cm³/mol. The van der Waals surface area contributed by atoms with Gasteiger partial charge in [0.25, 0.3) is 0 Å². The summed E-state index contributed by atoms with van der Waals surface area (Å²) in [6, 6.07) is 7.91. The number of methoxy groups -OCH3 is 1. The highest BCUT2D eigenvalue weighted by Gasteiger charge is 2.08. The largest absolute Gasteiger partial charge is 0.497 e. The van der Waals surface area contributed by atoms with Crippen LogP contribution in [0.25, 0.3) is 0 Å². The van der Waals surface area contributed by atoms with Crippen LogP contribution in [0.2, 0.25) is 0 Å². The molecule has 1 unspecified atom stereocenters. The standard InChI is InChI=1S/C14H19N3O2/c1-17-10-12(15-16-17)9-13(18)6-3-11-4-7-14(19-2)8-5-11/h4-5,7-8,10,13,18H,3,6,9H2,1-2H3. The highest BCUT2D eigenvalue weighted by molar-refractivity contribution is 5.27. The molecule has 0 aliphatic carbocycles. The van der Waals surface area contributed by atoms with Crippen LogP contribution in [-0.2, 0) is 19.9 Å². The lowest BCUT2D eigenvalue weighted by Crippen LogP contribution is -2.12. The second kappa shape index (κ2) is 6.33. The summed E-state index contributed by atoms with van der Waals surface area (Å²) in [6.07, 6.45) is 3.54. The number of aliphatic hydroxyl groups is 1. The fraction of sp³-hybridized carbons (Fsp3) is 0.429. The third-order valence-electron chi connectivity index (χ3n) is 3.02. The minimum Gasteiger partial charge on any atom is -0.497 e. The van der Waals surface area contributed by atoms with Crippen molar-refractivity contribution in [3.05, 3.63) is 41.7 Å². The number of benzene rings is 1. The van der Waals surface area contributed by atoms with Gasteiger partial charge in [-0.1, -0.05) is 17.3 Å². The summed E-state index contributed by atoms with van der Waals surface area (Å²) in [5, 5.41) is 17.8. The SMILES string of the molecule is COc1ccc(CCC(O)Cc2cn(C)nn2)cc1. The van der Waals surface area contributed by atoms with Crippen molar-refractivity contribution in [1.82, 2.24) is 15.0 Å². The van der Waals surface area contributed by atoms with E-state index in [-0.39, 0.29) is 6.10 Å². The second-order valence-electron chi connectivity index (χ2n) is 4.63. The van der Waals surface area contributed by atoms with Crippen molar-refractivity contribution in [2.24, 2.45) is 7.05 Å². The molecule has 0 spiro atoms. The van der Waals surface area contributed by atoms with Gasteiger partial charge in [-0.25, -0.2) is 0 Å². The molecule has 1 heterocycles. The van der Waals surface area contributed by atoms with E-state index < -0.39 is 0 Å². The monoisotopic (exact) mass is 261 g/mol. The molecule has 1 aromatic heterocycles. The lowest BCUT2D eigenvalue weighted by molar-refractivity contribution is 0.164. The summed E-state index contributed by atoms with van der Waals surface area (Å²) >= 11 is 0. The van der Waals surface area contributed by atoms with Crippen LogP contribution < -0.4 is 4.74 Å². The molecule has 1 atom stereocenters. The van der Waals surface area contributed by atoms with E-state index in [0.29, 0.717) is 12.8 Å². The summed E-state index contributed by atoms with van der Waals surface area (Å²) in [5.74, 6) is 0.851. The molecule has 102 valence electrons. The van der Waals surface area contributed by atoms with E-state index in [9.17, 15) is 5.11 Å². The van der Waals surface area contributed by atoms with Crippen LogP contribution in [0.15, 0.2) is 30.5 Å². The van der Waals surface area contributed by atoms with Crippen LogP contribution in [0.4, 0.5) is 0 Å². The Hall–Kier alpha value is -1.88. The highest BCUT2D eigenvalue weighted by Crippen LogP contribution is 2.14. The molecule has 0 radical (unpaired) electrons. The predicted octanol–water partition coefficient (Wildman–Crippen LogP) is 1.36. The van der Waals surface area contributed by atoms with Crippen LogP contribution in [0.1, 0.15) is 17.7 Å². The smallest absolute Gasteiger partial charge is 0.118 e. The Morgan fingerprint density at radius 1 is 1.32 bits per heavy atom. The molecule has 0 amide bonds. The van der Waals surface area contributed by atoms with Crippen molar-refractivity contribution in [2.75, 3.05) is 7.11 Å². The number of aryl methyl sites for hydroxylation is 2. The Morgan fingerprint density at radius 2 is 2.05 bits per heavy atom. The maximum Gasteiger partial charge on any atom is 0.118 e. The zero-order chi connectivity index (χ0) is 13.7. The molecule has 0 bridgehead atoms. The molecule has 0 saturated heterocycles. The van der Waals surface area contributed by atoms with Gasteiger partial charge in [-0.05, 0) is 30.5 Å². The van der Waals surface area contributed by atoms with Crippen LogP contribution >= 0.6 is 0 Å². The number of hydrogen-bond acceptors (Lipinski definition) is 4. The topological polar surface area (TPSA) is 60.2 Å². The number of nitrogens with zero attached hydrogens (tertiary/aromatic N) is 3. The average Bonchev–Trinajstić information content (AvgIpc) is 2.82. The van der Waals surface area contributed by atoms with Crippen LogP contribution in [0.5, 0.6) is 5.75 Å². The lowest BCUT2D eigenvalue weighted by Gasteiger charge is -2.09. The molecule has 1 aromatic carbocycles. The van der Waals surface area contributed by atoms with Crippen molar-refractivity contribution < 1.29 is 9.84 Å². The molecule has 0 aliphatic heterocycles. The third kappa shape index (κ3) is 4.06. The van der Waals surface area contributed by atoms with E-state index in [4.69, 9.17) is 4.74 Å². The summed E-state index contributed by atoms with van der Waals surface area (Å²) in [5.41, 5.74) is 2.02. The Labute approximate surface area is 112 Å². The summed E-state index contributed by atoms with van der Waals surface area (Å²) in [4.78, 5) is 0. The van der Waals surface area contributed by atoms with E-state index in [1.165, 1.54) is 5.56 Å². The third-order valence-corrected chi connectivity index (χ3v) is 3.02. The van der Waals surface area contributed by atoms with Gasteiger partial charge in [-0.2, -0.15) is 0 Å². The summed E-state index contributed by atoms with van der Waals surface area (Å²) in [6.45, 7) is 0. The normalized spacial score (nSPS) is 12.4. The minimum absolute atomic E-state index is 0.390. The van der Waals surface area contributed by atoms with Crippen molar-refractivity contribution in [3.63, 3.8) is 0 Å². The number of rotatable bonds is 6. The van der Waals surface area contributed by atoms with E-state index in [1.54, 1.807) is 11.8 Å². The number of hydrogen-bond donors (Lipinski definition) is 1. The number of ether oxygens (including phenoxy) is 1. The van der Waals surface area contributed by atoms with Crippen LogP contribution in [-0.4, -0.2) is 33.3 Å². The molecule has 1 N–H and O–H groups in total. The first-order chi connectivity index (χ1) is 9.17. The van der Waals surface area contributed by atoms with Gasteiger partial charge in [-0.3, -0.25) is 4.68 Å². The number of aliphatic hydroxyl groups excluding tert-OH is 1. The Bertz CT molecular complexity index is 508. The Kier molecular flexibility index (Phi) is 4.52. The maximum atomic E-state index is 9.97. The Morgan fingerprint density at radius 3 is 2.63 bits per heavy atom. The first kappa shape index (κ1) is 13.5. The highest BCUT2D eigenvalue weighted by atomic mass is 16.5. The quantitative estimate of drug-likeness (QED) is 0.853. The van der Waals surface area contributed by atoms with Gasteiger partial charge in [0, 0.05) is 19.7 Å². The van der Waals surface area contributed by atoms with Crippen LogP contribution in [0.3, 0.4) is 0 Å². The van der Waals surface area contributed by atoms with Crippen LogP contribution in [0, 0.1) is 0 Å². The Balaban J connectivity index is 1.80. The molecule has 2 aromatic rings. The van der Waals surface area contributed by atoms with E-state index in [0.717, 1.165) is 17.9 Å². The van der Waals surface area contributed by atoms with Gasteiger partial charge in [0.1, 0.15) is 5.75 Å². The van der Waals surface area contributed by atoms with Crippen molar-refractivity contribution in [2.45, 2.75) is 25.4 Å². The van der Waals surface area contributed by atoms with Gasteiger partial charge in [0.15, 0.2) is 0 Å². The van der Waals surface area contributed by atoms with E-state index >= 15 is 0 Å². The van der Waals surface area contributed by atoms with Gasteiger partial charge in [0.2, 0.25) is 0 Å². The fourth-order valence-corrected chi connectivity index (χ4v) is 1.96. The maximum absolute atomic E-state index is 9.97. The van der Waals surface area contributed by atoms with E-state index in [1.807, 2.05) is 37.5 Å². The molecular formula is C14H19N3O2. The molecular weight excluding hydrogens is 242 g/mol. The second-order valence-corrected chi connectivity index (χ2v) is 4.63. The summed E-state index contributed by atoms with van der Waals surface area (Å²) in [7, 11) is 3.47. The molecule has 2 rings (SSSR count). The zero-order valence-corrected chi connectivity index (χ0v) is 11.3. The van der Waals surface area contributed by atoms with Gasteiger partial charge in [-0.15, -0.1) is 5.10 Å². The van der Waals surface area contributed by atoms with Crippen molar-refractivity contribution in [3.8, 4) is 5.75 Å². The number of aromatic nitrogens is 3. The lowest BCUT2D eigenvalue weighted by atomic mass is 10.0. The van der Waals surface area contributed by atoms with E-state index in [2.05, 4.69) is 10.3 Å². The molecule has 0 fully saturated rings. The molecule has 5 heteroatoms. The summed E-state index contributed by atoms with van der Waals surface area (Å²) < 4.78 is 6.75. The molecule has 0 aliphatic rings. The first-order valence-corrected chi connectivity index (χ1v) is 6.33.